The fourth-order valence-corrected chi connectivity index (χ4v) is 6.30. The normalized spacial score (nSPS) is 21.1. The molecule has 10 nitrogen and oxygen atoms in total. The Morgan fingerprint density at radius 3 is 2.36 bits per heavy atom. The Labute approximate surface area is 251 Å². The van der Waals surface area contributed by atoms with Crippen LogP contribution in [-0.2, 0) is 23.9 Å². The van der Waals surface area contributed by atoms with Crippen LogP contribution in [0.15, 0.2) is 11.6 Å². The minimum Gasteiger partial charge on any atom is -0.444 e. The first-order valence-electron chi connectivity index (χ1n) is 16.1. The summed E-state index contributed by atoms with van der Waals surface area (Å²) in [4.78, 5) is 67.4. The van der Waals surface area contributed by atoms with Gasteiger partial charge in [0, 0.05) is 13.1 Å². The molecule has 0 aromatic rings. The Hall–Kier alpha value is -2.91. The number of carbonyl (C=O) groups excluding carboxylic acids is 5. The lowest BCUT2D eigenvalue weighted by atomic mass is 9.83. The molecule has 3 atom stereocenters. The molecule has 3 aliphatic rings. The highest BCUT2D eigenvalue weighted by atomic mass is 16.6. The summed E-state index contributed by atoms with van der Waals surface area (Å²) in [6, 6.07) is -2.51. The Kier molecular flexibility index (Phi) is 12.9. The van der Waals surface area contributed by atoms with Crippen LogP contribution >= 0.6 is 0 Å². The van der Waals surface area contributed by atoms with Crippen molar-refractivity contribution in [3.8, 4) is 0 Å². The van der Waals surface area contributed by atoms with E-state index in [2.05, 4.69) is 22.0 Å². The SMILES string of the molecule is CCCC(NC(=O)[C@@H]1CCCN1C(=O)[C@@H](NC(=O)OC(C)(C)C)C1CCCCC1)C(=O)C(=O)NCCC1=CCCCC1. The van der Waals surface area contributed by atoms with E-state index in [9.17, 15) is 24.0 Å². The minimum absolute atomic E-state index is 0.0365. The molecule has 3 rings (SSSR count). The summed E-state index contributed by atoms with van der Waals surface area (Å²) in [5, 5.41) is 8.34. The van der Waals surface area contributed by atoms with Crippen molar-refractivity contribution in [3.05, 3.63) is 11.6 Å². The van der Waals surface area contributed by atoms with Crippen LogP contribution in [0.3, 0.4) is 0 Å². The Morgan fingerprint density at radius 2 is 1.71 bits per heavy atom. The third-order valence-electron chi connectivity index (χ3n) is 8.45. The summed E-state index contributed by atoms with van der Waals surface area (Å²) in [6.45, 7) is 7.98. The van der Waals surface area contributed by atoms with E-state index < -0.39 is 47.4 Å². The topological polar surface area (TPSA) is 134 Å². The fraction of sp³-hybridized carbons (Fsp3) is 0.781. The average molecular weight is 589 g/mol. The van der Waals surface area contributed by atoms with E-state index in [1.807, 2.05) is 6.92 Å². The maximum Gasteiger partial charge on any atom is 0.408 e. The Bertz CT molecular complexity index is 997. The largest absolute Gasteiger partial charge is 0.444 e. The standard InChI is InChI=1S/C32H52N4O6/c1-5-13-24(27(37)29(39)33-20-19-22-14-8-6-9-15-22)34-28(38)25-18-12-21-36(25)30(40)26(23-16-10-7-11-17-23)35-31(41)42-32(2,3)4/h14,23-26H,5-13,15-21H2,1-4H3,(H,33,39)(H,34,38)(H,35,41)/t24?,25-,26-/m0/s1. The molecule has 1 unspecified atom stereocenters. The molecule has 1 aliphatic heterocycles. The molecule has 2 aliphatic carbocycles. The monoisotopic (exact) mass is 588 g/mol. The second-order valence-corrected chi connectivity index (χ2v) is 13.0. The lowest BCUT2D eigenvalue weighted by Crippen LogP contribution is -2.58. The average Bonchev–Trinajstić information content (AvgIpc) is 3.45. The van der Waals surface area contributed by atoms with Gasteiger partial charge in [-0.25, -0.2) is 4.79 Å². The molecule has 4 amide bonds. The van der Waals surface area contributed by atoms with Gasteiger partial charge in [0.1, 0.15) is 17.7 Å². The number of likely N-dealkylation sites (tertiary alicyclic amines) is 1. The predicted octanol–water partition coefficient (Wildman–Crippen LogP) is 4.31. The van der Waals surface area contributed by atoms with Crippen molar-refractivity contribution in [3.63, 3.8) is 0 Å². The smallest absolute Gasteiger partial charge is 0.408 e. The van der Waals surface area contributed by atoms with Gasteiger partial charge in [0.05, 0.1) is 6.04 Å². The lowest BCUT2D eigenvalue weighted by Gasteiger charge is -2.35. The van der Waals surface area contributed by atoms with Gasteiger partial charge >= 0.3 is 6.09 Å². The maximum atomic E-state index is 13.9. The summed E-state index contributed by atoms with van der Waals surface area (Å²) in [5.74, 6) is -2.12. The molecule has 1 heterocycles. The van der Waals surface area contributed by atoms with Gasteiger partial charge in [-0.2, -0.15) is 0 Å². The molecule has 236 valence electrons. The molecule has 2 fully saturated rings. The van der Waals surface area contributed by atoms with Crippen LogP contribution in [0.4, 0.5) is 4.79 Å². The van der Waals surface area contributed by atoms with Gasteiger partial charge in [0.2, 0.25) is 17.6 Å². The molecule has 0 aromatic heterocycles. The highest BCUT2D eigenvalue weighted by Gasteiger charge is 2.42. The summed E-state index contributed by atoms with van der Waals surface area (Å²) >= 11 is 0. The number of alkyl carbamates (subject to hydrolysis) is 1. The van der Waals surface area contributed by atoms with Crippen molar-refractivity contribution in [2.45, 2.75) is 141 Å². The molecular weight excluding hydrogens is 536 g/mol. The number of carbonyl (C=O) groups is 5. The van der Waals surface area contributed by atoms with E-state index in [0.29, 0.717) is 38.8 Å². The molecule has 0 radical (unpaired) electrons. The number of rotatable bonds is 12. The first kappa shape index (κ1) is 33.6. The lowest BCUT2D eigenvalue weighted by molar-refractivity contribution is -0.143. The quantitative estimate of drug-likeness (QED) is 0.230. The van der Waals surface area contributed by atoms with Crippen LogP contribution in [0.25, 0.3) is 0 Å². The number of ether oxygens (including phenoxy) is 1. The van der Waals surface area contributed by atoms with E-state index in [0.717, 1.165) is 57.8 Å². The highest BCUT2D eigenvalue weighted by Crippen LogP contribution is 2.30. The number of amides is 4. The zero-order chi connectivity index (χ0) is 30.7. The third kappa shape index (κ3) is 10.1. The number of hydrogen-bond donors (Lipinski definition) is 3. The maximum absolute atomic E-state index is 13.9. The predicted molar refractivity (Wildman–Crippen MR) is 160 cm³/mol. The molecule has 42 heavy (non-hydrogen) atoms. The van der Waals surface area contributed by atoms with Crippen molar-refractivity contribution >= 4 is 29.6 Å². The summed E-state index contributed by atoms with van der Waals surface area (Å²) in [5.41, 5.74) is 0.603. The first-order chi connectivity index (χ1) is 20.0. The zero-order valence-electron chi connectivity index (χ0n) is 26.1. The second kappa shape index (κ2) is 16.1. The van der Waals surface area contributed by atoms with Crippen molar-refractivity contribution in [2.24, 2.45) is 5.92 Å². The molecule has 0 spiro atoms. The molecule has 1 saturated carbocycles. The highest BCUT2D eigenvalue weighted by molar-refractivity contribution is 6.38. The van der Waals surface area contributed by atoms with Gasteiger partial charge in [0.25, 0.3) is 5.91 Å². The van der Waals surface area contributed by atoms with Gasteiger partial charge in [-0.1, -0.05) is 44.3 Å². The molecule has 3 N–H and O–H groups in total. The summed E-state index contributed by atoms with van der Waals surface area (Å²) in [6.07, 6.45) is 13.4. The van der Waals surface area contributed by atoms with E-state index in [1.54, 1.807) is 20.8 Å². The molecule has 0 aromatic carbocycles. The molecular formula is C32H52N4O6. The minimum atomic E-state index is -0.956. The van der Waals surface area contributed by atoms with E-state index in [4.69, 9.17) is 4.74 Å². The summed E-state index contributed by atoms with van der Waals surface area (Å²) in [7, 11) is 0. The van der Waals surface area contributed by atoms with Crippen LogP contribution in [0.5, 0.6) is 0 Å². The summed E-state index contributed by atoms with van der Waals surface area (Å²) < 4.78 is 5.46. The molecule has 10 heteroatoms. The molecule has 1 saturated heterocycles. The van der Waals surface area contributed by atoms with Gasteiger partial charge in [-0.05, 0) is 90.9 Å². The number of Topliss-reactive ketones (excluding diaryl/α,β-unsaturated/α-hetero) is 1. The van der Waals surface area contributed by atoms with E-state index in [-0.39, 0.29) is 11.8 Å². The van der Waals surface area contributed by atoms with E-state index >= 15 is 0 Å². The number of ketones is 1. The number of nitrogens with zero attached hydrogens (tertiary/aromatic N) is 1. The van der Waals surface area contributed by atoms with Crippen molar-refractivity contribution in [1.82, 2.24) is 20.9 Å². The molecule has 0 bridgehead atoms. The van der Waals surface area contributed by atoms with Crippen molar-refractivity contribution in [1.29, 1.82) is 0 Å². The van der Waals surface area contributed by atoms with Crippen LogP contribution in [-0.4, -0.2) is 71.3 Å². The van der Waals surface area contributed by atoms with Crippen LogP contribution in [0, 0.1) is 5.92 Å². The van der Waals surface area contributed by atoms with Crippen molar-refractivity contribution < 1.29 is 28.7 Å². The Balaban J connectivity index is 1.64. The van der Waals surface area contributed by atoms with E-state index in [1.165, 1.54) is 16.9 Å². The fourth-order valence-electron chi connectivity index (χ4n) is 6.30. The van der Waals surface area contributed by atoms with Crippen LogP contribution in [0.1, 0.15) is 118 Å². The number of nitrogens with one attached hydrogen (secondary N) is 3. The third-order valence-corrected chi connectivity index (χ3v) is 8.45. The van der Waals surface area contributed by atoms with Crippen LogP contribution in [0.2, 0.25) is 0 Å². The van der Waals surface area contributed by atoms with Gasteiger partial charge in [-0.15, -0.1) is 0 Å². The van der Waals surface area contributed by atoms with Gasteiger partial charge in [0.15, 0.2) is 0 Å². The van der Waals surface area contributed by atoms with Crippen molar-refractivity contribution in [2.75, 3.05) is 13.1 Å². The number of hydrogen-bond acceptors (Lipinski definition) is 6. The number of allylic oxidation sites excluding steroid dienone is 1. The second-order valence-electron chi connectivity index (χ2n) is 13.0. The first-order valence-corrected chi connectivity index (χ1v) is 16.1. The zero-order valence-corrected chi connectivity index (χ0v) is 26.1. The van der Waals surface area contributed by atoms with Gasteiger partial charge in [-0.3, -0.25) is 19.2 Å². The van der Waals surface area contributed by atoms with Crippen LogP contribution < -0.4 is 16.0 Å². The Morgan fingerprint density at radius 1 is 0.976 bits per heavy atom. The van der Waals surface area contributed by atoms with Gasteiger partial charge < -0.3 is 25.6 Å².